The van der Waals surface area contributed by atoms with Crippen LogP contribution in [0.25, 0.3) is 11.1 Å². The van der Waals surface area contributed by atoms with Gasteiger partial charge in [-0.3, -0.25) is 9.69 Å². The first-order valence-electron chi connectivity index (χ1n) is 9.81. The Hall–Kier alpha value is -3.37. The SMILES string of the molecule is O=C1c2ccc(Br)cc2NC(c2ccccc2)N1c1cccc(-c2ccccc2)c1. The van der Waals surface area contributed by atoms with Crippen LogP contribution in [0, 0.1) is 0 Å². The monoisotopic (exact) mass is 454 g/mol. The molecule has 0 saturated heterocycles. The van der Waals surface area contributed by atoms with Crippen molar-refractivity contribution < 1.29 is 4.79 Å². The maximum Gasteiger partial charge on any atom is 0.262 e. The fourth-order valence-corrected chi connectivity index (χ4v) is 4.24. The van der Waals surface area contributed by atoms with Gasteiger partial charge in [0.1, 0.15) is 6.17 Å². The molecule has 3 nitrogen and oxygen atoms in total. The molecule has 146 valence electrons. The van der Waals surface area contributed by atoms with E-state index in [1.54, 1.807) is 0 Å². The molecule has 5 rings (SSSR count). The molecule has 1 atom stereocenters. The van der Waals surface area contributed by atoms with E-state index in [-0.39, 0.29) is 12.1 Å². The molecule has 0 aliphatic carbocycles. The van der Waals surface area contributed by atoms with E-state index in [2.05, 4.69) is 45.5 Å². The van der Waals surface area contributed by atoms with Gasteiger partial charge in [-0.05, 0) is 47.0 Å². The third kappa shape index (κ3) is 3.40. The summed E-state index contributed by atoms with van der Waals surface area (Å²) in [4.78, 5) is 15.5. The van der Waals surface area contributed by atoms with Crippen LogP contribution < -0.4 is 10.2 Å². The minimum absolute atomic E-state index is 0.0182. The smallest absolute Gasteiger partial charge is 0.262 e. The fraction of sp³-hybridized carbons (Fsp3) is 0.0385. The highest BCUT2D eigenvalue weighted by Crippen LogP contribution is 2.38. The van der Waals surface area contributed by atoms with Gasteiger partial charge in [0.05, 0.1) is 5.56 Å². The number of nitrogens with zero attached hydrogens (tertiary/aromatic N) is 1. The maximum atomic E-state index is 13.6. The van der Waals surface area contributed by atoms with Crippen LogP contribution in [0.5, 0.6) is 0 Å². The largest absolute Gasteiger partial charge is 0.360 e. The molecular weight excluding hydrogens is 436 g/mol. The van der Waals surface area contributed by atoms with E-state index in [4.69, 9.17) is 0 Å². The highest BCUT2D eigenvalue weighted by atomic mass is 79.9. The molecule has 0 spiro atoms. The van der Waals surface area contributed by atoms with E-state index in [0.29, 0.717) is 5.56 Å². The minimum Gasteiger partial charge on any atom is -0.360 e. The summed E-state index contributed by atoms with van der Waals surface area (Å²) < 4.78 is 0.938. The molecule has 1 N–H and O–H groups in total. The Morgan fingerprint density at radius 3 is 2.20 bits per heavy atom. The lowest BCUT2D eigenvalue weighted by Gasteiger charge is -2.38. The van der Waals surface area contributed by atoms with Crippen LogP contribution in [0.1, 0.15) is 22.1 Å². The molecule has 1 heterocycles. The predicted molar refractivity (Wildman–Crippen MR) is 126 cm³/mol. The predicted octanol–water partition coefficient (Wildman–Crippen LogP) is 6.89. The number of nitrogens with one attached hydrogen (secondary N) is 1. The molecule has 1 aliphatic heterocycles. The number of carbonyl (C=O) groups excluding carboxylic acids is 1. The number of fused-ring (bicyclic) bond motifs is 1. The molecule has 0 radical (unpaired) electrons. The van der Waals surface area contributed by atoms with Crippen molar-refractivity contribution in [2.75, 3.05) is 10.2 Å². The number of amides is 1. The zero-order chi connectivity index (χ0) is 20.5. The fourth-order valence-electron chi connectivity index (χ4n) is 3.88. The second-order valence-corrected chi connectivity index (χ2v) is 8.15. The zero-order valence-corrected chi connectivity index (χ0v) is 17.7. The number of benzene rings is 4. The molecule has 0 aromatic heterocycles. The van der Waals surface area contributed by atoms with Gasteiger partial charge in [0, 0.05) is 15.8 Å². The maximum absolute atomic E-state index is 13.6. The quantitative estimate of drug-likeness (QED) is 0.365. The molecule has 0 fully saturated rings. The van der Waals surface area contributed by atoms with Crippen molar-refractivity contribution in [3.05, 3.63) is 119 Å². The highest BCUT2D eigenvalue weighted by Gasteiger charge is 2.34. The molecular formula is C26H19BrN2O. The third-order valence-electron chi connectivity index (χ3n) is 5.33. The van der Waals surface area contributed by atoms with Crippen molar-refractivity contribution in [2.45, 2.75) is 6.17 Å². The molecule has 1 unspecified atom stereocenters. The van der Waals surface area contributed by atoms with E-state index in [9.17, 15) is 4.79 Å². The Balaban J connectivity index is 1.64. The van der Waals surface area contributed by atoms with Gasteiger partial charge in [-0.25, -0.2) is 0 Å². The van der Waals surface area contributed by atoms with Crippen LogP contribution in [0.4, 0.5) is 11.4 Å². The van der Waals surface area contributed by atoms with Crippen molar-refractivity contribution in [2.24, 2.45) is 0 Å². The molecule has 1 aliphatic rings. The number of hydrogen-bond donors (Lipinski definition) is 1. The molecule has 0 saturated carbocycles. The van der Waals surface area contributed by atoms with Gasteiger partial charge < -0.3 is 5.32 Å². The van der Waals surface area contributed by atoms with E-state index in [1.807, 2.05) is 83.8 Å². The zero-order valence-electron chi connectivity index (χ0n) is 16.1. The summed E-state index contributed by atoms with van der Waals surface area (Å²) in [6.07, 6.45) is -0.300. The minimum atomic E-state index is -0.300. The Bertz CT molecular complexity index is 1210. The first kappa shape index (κ1) is 18.6. The standard InChI is InChI=1S/C26H19BrN2O/c27-21-14-15-23-24(17-21)28-25(19-10-5-2-6-11-19)29(26(23)30)22-13-7-12-20(16-22)18-8-3-1-4-9-18/h1-17,25,28H. The number of rotatable bonds is 3. The van der Waals surface area contributed by atoms with E-state index < -0.39 is 0 Å². The van der Waals surface area contributed by atoms with Gasteiger partial charge in [-0.2, -0.15) is 0 Å². The van der Waals surface area contributed by atoms with Crippen LogP contribution in [-0.2, 0) is 0 Å². The average molecular weight is 455 g/mol. The van der Waals surface area contributed by atoms with Crippen LogP contribution in [0.2, 0.25) is 0 Å². The summed E-state index contributed by atoms with van der Waals surface area (Å²) >= 11 is 3.52. The summed E-state index contributed by atoms with van der Waals surface area (Å²) in [6, 6.07) is 34.2. The lowest BCUT2D eigenvalue weighted by Crippen LogP contribution is -2.43. The summed E-state index contributed by atoms with van der Waals surface area (Å²) in [5.74, 6) is -0.0182. The van der Waals surface area contributed by atoms with Gasteiger partial charge >= 0.3 is 0 Å². The van der Waals surface area contributed by atoms with Crippen molar-refractivity contribution in [3.63, 3.8) is 0 Å². The number of anilines is 2. The topological polar surface area (TPSA) is 32.3 Å². The average Bonchev–Trinajstić information content (AvgIpc) is 2.80. The lowest BCUT2D eigenvalue weighted by molar-refractivity contribution is 0.0975. The van der Waals surface area contributed by atoms with Crippen LogP contribution in [-0.4, -0.2) is 5.91 Å². The Labute approximate surface area is 184 Å². The highest BCUT2D eigenvalue weighted by molar-refractivity contribution is 9.10. The van der Waals surface area contributed by atoms with E-state index >= 15 is 0 Å². The van der Waals surface area contributed by atoms with Crippen molar-refractivity contribution >= 4 is 33.2 Å². The lowest BCUT2D eigenvalue weighted by atomic mass is 10.0. The normalized spacial score (nSPS) is 15.4. The summed E-state index contributed by atoms with van der Waals surface area (Å²) in [5, 5.41) is 3.57. The van der Waals surface area contributed by atoms with Crippen LogP contribution in [0.3, 0.4) is 0 Å². The van der Waals surface area contributed by atoms with Gasteiger partial charge in [0.15, 0.2) is 0 Å². The molecule has 1 amide bonds. The Morgan fingerprint density at radius 2 is 1.43 bits per heavy atom. The van der Waals surface area contributed by atoms with Crippen molar-refractivity contribution in [1.29, 1.82) is 0 Å². The number of carbonyl (C=O) groups is 1. The number of halogens is 1. The van der Waals surface area contributed by atoms with Gasteiger partial charge in [-0.15, -0.1) is 0 Å². The van der Waals surface area contributed by atoms with Gasteiger partial charge in [0.2, 0.25) is 0 Å². The molecule has 0 bridgehead atoms. The van der Waals surface area contributed by atoms with Crippen molar-refractivity contribution in [1.82, 2.24) is 0 Å². The van der Waals surface area contributed by atoms with E-state index in [1.165, 1.54) is 0 Å². The molecule has 30 heavy (non-hydrogen) atoms. The number of hydrogen-bond acceptors (Lipinski definition) is 2. The third-order valence-corrected chi connectivity index (χ3v) is 5.82. The van der Waals surface area contributed by atoms with Gasteiger partial charge in [0.25, 0.3) is 5.91 Å². The summed E-state index contributed by atoms with van der Waals surface area (Å²) in [7, 11) is 0. The molecule has 4 heteroatoms. The summed E-state index contributed by atoms with van der Waals surface area (Å²) in [6.45, 7) is 0. The molecule has 4 aromatic carbocycles. The Morgan fingerprint density at radius 1 is 0.733 bits per heavy atom. The molecule has 4 aromatic rings. The summed E-state index contributed by atoms with van der Waals surface area (Å²) in [5.41, 5.74) is 5.58. The first-order valence-corrected chi connectivity index (χ1v) is 10.6. The van der Waals surface area contributed by atoms with Crippen molar-refractivity contribution in [3.8, 4) is 11.1 Å². The van der Waals surface area contributed by atoms with Crippen LogP contribution >= 0.6 is 15.9 Å². The first-order chi connectivity index (χ1) is 14.7. The second kappa shape index (κ2) is 7.81. The van der Waals surface area contributed by atoms with Crippen LogP contribution in [0.15, 0.2) is 108 Å². The Kier molecular flexibility index (Phi) is 4.85. The second-order valence-electron chi connectivity index (χ2n) is 7.24. The van der Waals surface area contributed by atoms with E-state index in [0.717, 1.165) is 32.5 Å². The van der Waals surface area contributed by atoms with Gasteiger partial charge in [-0.1, -0.05) is 88.7 Å².